The molecule has 2 aliphatic rings. The standard InChI is InChI=1S/C28H40ClN7O4S/c1-16(2)41(37,38)26(30)24(14-31-4)34-27-22(29)13-33-28(36-27)35-23-10-17(3)21(12-25(23)40-20-6-7-20)18-8-9-39-15-19(11-18)32-5/h10,12-14,16,18-20,32H,6-9,11,15,30H2,1-5H3,(H2,33,34,35,36). The second-order valence-corrected chi connectivity index (χ2v) is 13.6. The van der Waals surface area contributed by atoms with Crippen molar-refractivity contribution < 1.29 is 17.9 Å². The van der Waals surface area contributed by atoms with Crippen molar-refractivity contribution in [1.29, 1.82) is 0 Å². The van der Waals surface area contributed by atoms with E-state index in [1.54, 1.807) is 13.8 Å². The molecule has 1 aliphatic heterocycles. The van der Waals surface area contributed by atoms with Crippen LogP contribution < -0.4 is 26.4 Å². The summed E-state index contributed by atoms with van der Waals surface area (Å²) < 4.78 is 37.5. The molecule has 11 nitrogen and oxygen atoms in total. The van der Waals surface area contributed by atoms with E-state index >= 15 is 0 Å². The minimum absolute atomic E-state index is 0.0676. The van der Waals surface area contributed by atoms with Gasteiger partial charge in [0.15, 0.2) is 20.7 Å². The lowest BCUT2D eigenvalue weighted by Crippen LogP contribution is -2.30. The number of hydrogen-bond donors (Lipinski definition) is 4. The first-order valence-electron chi connectivity index (χ1n) is 13.8. The number of nitrogens with two attached hydrogens (primary N) is 1. The summed E-state index contributed by atoms with van der Waals surface area (Å²) in [5.74, 6) is 1.50. The van der Waals surface area contributed by atoms with Crippen molar-refractivity contribution >= 4 is 45.1 Å². The van der Waals surface area contributed by atoms with E-state index in [0.717, 1.165) is 49.3 Å². The smallest absolute Gasteiger partial charge is 0.229 e. The second kappa shape index (κ2) is 13.4. The molecule has 4 rings (SSSR count). The molecule has 0 bridgehead atoms. The van der Waals surface area contributed by atoms with Crippen molar-refractivity contribution in [2.24, 2.45) is 10.7 Å². The van der Waals surface area contributed by atoms with E-state index in [2.05, 4.69) is 50.0 Å². The number of likely N-dealkylation sites (N-methyl/N-ethyl adjacent to an activating group) is 1. The van der Waals surface area contributed by atoms with Gasteiger partial charge in [0.1, 0.15) is 10.8 Å². The Hall–Kier alpha value is -2.93. The average Bonchev–Trinajstić information content (AvgIpc) is 3.78. The van der Waals surface area contributed by atoms with E-state index in [1.165, 1.54) is 25.0 Å². The fourth-order valence-electron chi connectivity index (χ4n) is 4.63. The summed E-state index contributed by atoms with van der Waals surface area (Å²) in [4.78, 5) is 12.8. The first-order chi connectivity index (χ1) is 19.5. The average molecular weight is 606 g/mol. The number of sulfone groups is 1. The van der Waals surface area contributed by atoms with Gasteiger partial charge >= 0.3 is 0 Å². The van der Waals surface area contributed by atoms with E-state index in [9.17, 15) is 8.42 Å². The molecular formula is C28H40ClN7O4S. The number of benzene rings is 1. The van der Waals surface area contributed by atoms with Gasteiger partial charge in [-0.1, -0.05) is 11.6 Å². The molecule has 2 atom stereocenters. The molecule has 1 saturated carbocycles. The van der Waals surface area contributed by atoms with Crippen LogP contribution in [0.25, 0.3) is 0 Å². The van der Waals surface area contributed by atoms with Crippen molar-refractivity contribution in [2.75, 3.05) is 37.9 Å². The summed E-state index contributed by atoms with van der Waals surface area (Å²) in [5.41, 5.74) is 9.21. The Morgan fingerprint density at radius 3 is 2.71 bits per heavy atom. The topological polar surface area (TPSA) is 153 Å². The molecular weight excluding hydrogens is 566 g/mol. The van der Waals surface area contributed by atoms with E-state index < -0.39 is 15.1 Å². The van der Waals surface area contributed by atoms with Gasteiger partial charge < -0.3 is 31.2 Å². The predicted octanol–water partition coefficient (Wildman–Crippen LogP) is 4.27. The maximum Gasteiger partial charge on any atom is 0.229 e. The molecule has 1 saturated heterocycles. The number of rotatable bonds is 11. The molecule has 5 N–H and O–H groups in total. The zero-order chi connectivity index (χ0) is 29.7. The number of nitrogens with zero attached hydrogens (tertiary/aromatic N) is 3. The summed E-state index contributed by atoms with van der Waals surface area (Å²) in [7, 11) is -0.269. The Labute approximate surface area is 247 Å². The largest absolute Gasteiger partial charge is 0.488 e. The highest BCUT2D eigenvalue weighted by Gasteiger charge is 2.28. The van der Waals surface area contributed by atoms with Crippen molar-refractivity contribution in [3.05, 3.63) is 45.2 Å². The zero-order valence-electron chi connectivity index (χ0n) is 24.2. The van der Waals surface area contributed by atoms with Crippen LogP contribution in [-0.2, 0) is 14.6 Å². The summed E-state index contributed by atoms with van der Waals surface area (Å²) in [6.07, 6.45) is 6.89. The summed E-state index contributed by atoms with van der Waals surface area (Å²) in [5, 5.41) is 8.68. The lowest BCUT2D eigenvalue weighted by atomic mass is 9.87. The maximum atomic E-state index is 12.7. The Bertz CT molecular complexity index is 1410. The highest BCUT2D eigenvalue weighted by atomic mass is 35.5. The van der Waals surface area contributed by atoms with Crippen LogP contribution in [0.15, 0.2) is 34.0 Å². The van der Waals surface area contributed by atoms with Gasteiger partial charge in [-0.2, -0.15) is 4.98 Å². The third kappa shape index (κ3) is 7.68. The van der Waals surface area contributed by atoms with Gasteiger partial charge in [-0.05, 0) is 82.7 Å². The van der Waals surface area contributed by atoms with Crippen LogP contribution in [0.1, 0.15) is 56.6 Å². The van der Waals surface area contributed by atoms with E-state index in [0.29, 0.717) is 18.6 Å². The minimum atomic E-state index is -3.75. The number of allylic oxidation sites excluding steroid dienone is 1. The van der Waals surface area contributed by atoms with Crippen LogP contribution in [0.3, 0.4) is 0 Å². The normalized spacial score (nSPS) is 20.6. The van der Waals surface area contributed by atoms with Gasteiger partial charge in [0.05, 0.1) is 35.5 Å². The highest BCUT2D eigenvalue weighted by molar-refractivity contribution is 7.95. The van der Waals surface area contributed by atoms with Crippen LogP contribution in [0.5, 0.6) is 5.75 Å². The van der Waals surface area contributed by atoms with Gasteiger partial charge in [0.2, 0.25) is 5.95 Å². The summed E-state index contributed by atoms with van der Waals surface area (Å²) in [6.45, 7) is 6.63. The Balaban J connectivity index is 1.66. The fourth-order valence-corrected chi connectivity index (χ4v) is 5.68. The van der Waals surface area contributed by atoms with Crippen molar-refractivity contribution in [3.8, 4) is 5.75 Å². The van der Waals surface area contributed by atoms with E-state index in [1.807, 2.05) is 7.05 Å². The van der Waals surface area contributed by atoms with Crippen LogP contribution in [0.4, 0.5) is 17.5 Å². The molecule has 2 unspecified atom stereocenters. The molecule has 0 amide bonds. The molecule has 1 aromatic heterocycles. The van der Waals surface area contributed by atoms with Gasteiger partial charge in [-0.25, -0.2) is 13.4 Å². The Morgan fingerprint density at radius 1 is 1.29 bits per heavy atom. The minimum Gasteiger partial charge on any atom is -0.488 e. The number of anilines is 3. The van der Waals surface area contributed by atoms with Crippen LogP contribution in [-0.4, -0.2) is 69.3 Å². The third-order valence-electron chi connectivity index (χ3n) is 7.23. The van der Waals surface area contributed by atoms with Crippen molar-refractivity contribution in [1.82, 2.24) is 15.3 Å². The lowest BCUT2D eigenvalue weighted by Gasteiger charge is -2.23. The number of halogens is 1. The molecule has 2 heterocycles. The number of aryl methyl sites for hydroxylation is 1. The number of hydrogen-bond acceptors (Lipinski definition) is 11. The number of nitrogens with one attached hydrogen (secondary N) is 3. The Morgan fingerprint density at radius 2 is 2.05 bits per heavy atom. The molecule has 13 heteroatoms. The van der Waals surface area contributed by atoms with E-state index in [-0.39, 0.29) is 33.6 Å². The molecule has 1 aromatic carbocycles. The lowest BCUT2D eigenvalue weighted by molar-refractivity contribution is 0.128. The van der Waals surface area contributed by atoms with Crippen molar-refractivity contribution in [3.63, 3.8) is 0 Å². The van der Waals surface area contributed by atoms with E-state index in [4.69, 9.17) is 26.8 Å². The summed E-state index contributed by atoms with van der Waals surface area (Å²) in [6, 6.07) is 4.48. The molecule has 1 aliphatic carbocycles. The number of ether oxygens (including phenoxy) is 2. The first-order valence-corrected chi connectivity index (χ1v) is 15.7. The van der Waals surface area contributed by atoms with Crippen LogP contribution >= 0.6 is 11.6 Å². The van der Waals surface area contributed by atoms with Gasteiger partial charge in [0, 0.05) is 25.9 Å². The quantitative estimate of drug-likeness (QED) is 0.273. The van der Waals surface area contributed by atoms with Gasteiger partial charge in [-0.15, -0.1) is 0 Å². The number of aromatic nitrogens is 2. The first kappa shape index (κ1) is 31.0. The molecule has 2 aromatic rings. The van der Waals surface area contributed by atoms with Gasteiger partial charge in [-0.3, -0.25) is 4.99 Å². The number of aliphatic imine (C=N–C) groups is 1. The molecule has 2 fully saturated rings. The molecule has 224 valence electrons. The molecule has 41 heavy (non-hydrogen) atoms. The van der Waals surface area contributed by atoms with Crippen LogP contribution in [0, 0.1) is 6.92 Å². The summed E-state index contributed by atoms with van der Waals surface area (Å²) >= 11 is 6.39. The SMILES string of the molecule is CN=CC(Nc1nc(Nc2cc(C)c(C3CCOCC(NC)C3)cc2OC2CC2)ncc1Cl)=C(N)S(=O)(=O)C(C)C. The second-order valence-electron chi connectivity index (χ2n) is 10.7. The maximum absolute atomic E-state index is 12.7. The Kier molecular flexibility index (Phi) is 10.1. The molecule has 0 radical (unpaired) electrons. The van der Waals surface area contributed by atoms with Gasteiger partial charge in [0.25, 0.3) is 0 Å². The molecule has 0 spiro atoms. The third-order valence-corrected chi connectivity index (χ3v) is 9.58. The fraction of sp³-hybridized carbons (Fsp3) is 0.536. The highest BCUT2D eigenvalue weighted by Crippen LogP contribution is 2.40. The monoisotopic (exact) mass is 605 g/mol. The van der Waals surface area contributed by atoms with Crippen molar-refractivity contribution in [2.45, 2.75) is 69.8 Å². The zero-order valence-corrected chi connectivity index (χ0v) is 25.8. The predicted molar refractivity (Wildman–Crippen MR) is 164 cm³/mol. The van der Waals surface area contributed by atoms with Crippen LogP contribution in [0.2, 0.25) is 5.02 Å².